The molecule has 22 heavy (non-hydrogen) atoms. The molecular formula is C18H19N3S. The number of nitrogens with zero attached hydrogens (tertiary/aromatic N) is 3. The summed E-state index contributed by atoms with van der Waals surface area (Å²) in [5, 5.41) is 9.76. The molecule has 0 saturated heterocycles. The number of hydrogen-bond acceptors (Lipinski definition) is 3. The van der Waals surface area contributed by atoms with Crippen molar-refractivity contribution in [2.45, 2.75) is 24.9 Å². The summed E-state index contributed by atoms with van der Waals surface area (Å²) in [5.41, 5.74) is 2.46. The maximum absolute atomic E-state index is 4.42. The molecule has 2 aromatic carbocycles. The molecule has 112 valence electrons. The molecular weight excluding hydrogens is 290 g/mol. The van der Waals surface area contributed by atoms with Crippen LogP contribution in [-0.2, 0) is 12.8 Å². The Bertz CT molecular complexity index is 708. The fourth-order valence-electron chi connectivity index (χ4n) is 2.42. The minimum absolute atomic E-state index is 0.885. The lowest BCUT2D eigenvalue weighted by Crippen LogP contribution is -2.04. The van der Waals surface area contributed by atoms with Gasteiger partial charge in [0.05, 0.1) is 0 Å². The summed E-state index contributed by atoms with van der Waals surface area (Å²) >= 11 is 1.73. The Kier molecular flexibility index (Phi) is 4.91. The quantitative estimate of drug-likeness (QED) is 0.640. The largest absolute Gasteiger partial charge is 0.274 e. The Balaban J connectivity index is 1.88. The molecule has 0 amide bonds. The fourth-order valence-corrected chi connectivity index (χ4v) is 3.12. The molecule has 0 spiro atoms. The Morgan fingerprint density at radius 2 is 1.55 bits per heavy atom. The van der Waals surface area contributed by atoms with Gasteiger partial charge < -0.3 is 0 Å². The van der Waals surface area contributed by atoms with Crippen molar-refractivity contribution in [2.75, 3.05) is 5.75 Å². The van der Waals surface area contributed by atoms with Crippen molar-refractivity contribution in [3.8, 4) is 5.69 Å². The molecule has 0 atom stereocenters. The highest BCUT2D eigenvalue weighted by molar-refractivity contribution is 7.99. The second-order valence-corrected chi connectivity index (χ2v) is 6.22. The molecule has 3 aromatic rings. The first-order valence-electron chi connectivity index (χ1n) is 7.55. The fraction of sp³-hybridized carbons (Fsp3) is 0.222. The summed E-state index contributed by atoms with van der Waals surface area (Å²) < 4.78 is 2.18. The highest BCUT2D eigenvalue weighted by Crippen LogP contribution is 2.22. The minimum atomic E-state index is 0.885. The van der Waals surface area contributed by atoms with Crippen molar-refractivity contribution in [2.24, 2.45) is 0 Å². The first kappa shape index (κ1) is 14.9. The third kappa shape index (κ3) is 3.39. The number of para-hydroxylation sites is 1. The third-order valence-corrected chi connectivity index (χ3v) is 4.28. The molecule has 3 nitrogen and oxygen atoms in total. The van der Waals surface area contributed by atoms with Crippen LogP contribution >= 0.6 is 11.8 Å². The van der Waals surface area contributed by atoms with E-state index in [9.17, 15) is 0 Å². The van der Waals surface area contributed by atoms with Gasteiger partial charge in [0, 0.05) is 12.1 Å². The topological polar surface area (TPSA) is 30.7 Å². The molecule has 0 saturated carbocycles. The lowest BCUT2D eigenvalue weighted by atomic mass is 10.1. The molecule has 1 heterocycles. The van der Waals surface area contributed by atoms with Gasteiger partial charge in [0.25, 0.3) is 0 Å². The van der Waals surface area contributed by atoms with Crippen LogP contribution in [0.4, 0.5) is 0 Å². The molecule has 0 fully saturated rings. The van der Waals surface area contributed by atoms with Crippen molar-refractivity contribution < 1.29 is 0 Å². The summed E-state index contributed by atoms with van der Waals surface area (Å²) in [4.78, 5) is 0. The van der Waals surface area contributed by atoms with Crippen LogP contribution in [-0.4, -0.2) is 20.5 Å². The Morgan fingerprint density at radius 1 is 0.864 bits per heavy atom. The van der Waals surface area contributed by atoms with E-state index in [1.54, 1.807) is 11.8 Å². The van der Waals surface area contributed by atoms with Gasteiger partial charge in [-0.2, -0.15) is 0 Å². The molecule has 1 aromatic heterocycles. The molecule has 4 heteroatoms. The summed E-state index contributed by atoms with van der Waals surface area (Å²) in [5.74, 6) is 2.01. The van der Waals surface area contributed by atoms with Gasteiger partial charge in [-0.05, 0) is 29.9 Å². The molecule has 0 aliphatic heterocycles. The summed E-state index contributed by atoms with van der Waals surface area (Å²) in [6, 6.07) is 20.9. The average Bonchev–Trinajstić information content (AvgIpc) is 2.98. The van der Waals surface area contributed by atoms with Gasteiger partial charge in [0.1, 0.15) is 5.82 Å². The maximum Gasteiger partial charge on any atom is 0.195 e. The van der Waals surface area contributed by atoms with Gasteiger partial charge in [0.15, 0.2) is 5.16 Å². The first-order valence-corrected chi connectivity index (χ1v) is 8.53. The zero-order chi connectivity index (χ0) is 15.2. The third-order valence-electron chi connectivity index (χ3n) is 3.47. The predicted octanol–water partition coefficient (Wildman–Crippen LogP) is 4.16. The van der Waals surface area contributed by atoms with Crippen LogP contribution in [0.5, 0.6) is 0 Å². The molecule has 0 aliphatic rings. The van der Waals surface area contributed by atoms with Crippen LogP contribution in [0.25, 0.3) is 5.69 Å². The SMILES string of the molecule is CCSc1nnc(CCc2ccccc2)n1-c1ccccc1. The lowest BCUT2D eigenvalue weighted by molar-refractivity contribution is 0.798. The van der Waals surface area contributed by atoms with E-state index in [0.29, 0.717) is 0 Å². The van der Waals surface area contributed by atoms with Crippen LogP contribution in [0.3, 0.4) is 0 Å². The summed E-state index contributed by atoms with van der Waals surface area (Å²) in [7, 11) is 0. The lowest BCUT2D eigenvalue weighted by Gasteiger charge is -2.09. The molecule has 3 rings (SSSR count). The molecule has 0 radical (unpaired) electrons. The van der Waals surface area contributed by atoms with E-state index < -0.39 is 0 Å². The Labute approximate surface area is 135 Å². The van der Waals surface area contributed by atoms with Gasteiger partial charge in [0.2, 0.25) is 0 Å². The maximum atomic E-state index is 4.42. The smallest absolute Gasteiger partial charge is 0.195 e. The highest BCUT2D eigenvalue weighted by atomic mass is 32.2. The zero-order valence-electron chi connectivity index (χ0n) is 12.6. The van der Waals surface area contributed by atoms with Crippen LogP contribution in [0.2, 0.25) is 0 Å². The second-order valence-electron chi connectivity index (χ2n) is 4.99. The van der Waals surface area contributed by atoms with Crippen molar-refractivity contribution in [1.29, 1.82) is 0 Å². The van der Waals surface area contributed by atoms with E-state index in [0.717, 1.165) is 35.3 Å². The Hall–Kier alpha value is -2.07. The average molecular weight is 309 g/mol. The van der Waals surface area contributed by atoms with E-state index in [1.165, 1.54) is 5.56 Å². The van der Waals surface area contributed by atoms with Crippen LogP contribution in [0.15, 0.2) is 65.8 Å². The van der Waals surface area contributed by atoms with Crippen LogP contribution in [0, 0.1) is 0 Å². The van der Waals surface area contributed by atoms with Gasteiger partial charge >= 0.3 is 0 Å². The number of rotatable bonds is 6. The van der Waals surface area contributed by atoms with E-state index >= 15 is 0 Å². The zero-order valence-corrected chi connectivity index (χ0v) is 13.5. The van der Waals surface area contributed by atoms with Crippen LogP contribution < -0.4 is 0 Å². The summed E-state index contributed by atoms with van der Waals surface area (Å²) in [6.45, 7) is 2.14. The van der Waals surface area contributed by atoms with Crippen LogP contribution in [0.1, 0.15) is 18.3 Å². The van der Waals surface area contributed by atoms with Gasteiger partial charge in [-0.25, -0.2) is 0 Å². The number of hydrogen-bond donors (Lipinski definition) is 0. The normalized spacial score (nSPS) is 10.8. The highest BCUT2D eigenvalue weighted by Gasteiger charge is 2.13. The first-order chi connectivity index (χ1) is 10.9. The second kappa shape index (κ2) is 7.27. The number of thioether (sulfide) groups is 1. The van der Waals surface area contributed by atoms with E-state index in [-0.39, 0.29) is 0 Å². The number of aromatic nitrogens is 3. The molecule has 0 aliphatic carbocycles. The van der Waals surface area contributed by atoms with Crippen molar-refractivity contribution in [3.63, 3.8) is 0 Å². The standard InChI is InChI=1S/C18H19N3S/c1-2-22-18-20-19-17(14-13-15-9-5-3-6-10-15)21(18)16-11-7-4-8-12-16/h3-12H,2,13-14H2,1H3. The minimum Gasteiger partial charge on any atom is -0.274 e. The van der Waals surface area contributed by atoms with Gasteiger partial charge in [-0.1, -0.05) is 67.2 Å². The summed E-state index contributed by atoms with van der Waals surface area (Å²) in [6.07, 6.45) is 1.86. The van der Waals surface area contributed by atoms with Gasteiger partial charge in [-0.3, -0.25) is 4.57 Å². The van der Waals surface area contributed by atoms with Gasteiger partial charge in [-0.15, -0.1) is 10.2 Å². The molecule has 0 unspecified atom stereocenters. The number of aryl methyl sites for hydroxylation is 2. The van der Waals surface area contributed by atoms with E-state index in [1.807, 2.05) is 12.1 Å². The monoisotopic (exact) mass is 309 g/mol. The van der Waals surface area contributed by atoms with Crippen molar-refractivity contribution in [3.05, 3.63) is 72.1 Å². The van der Waals surface area contributed by atoms with E-state index in [2.05, 4.69) is 70.2 Å². The Morgan fingerprint density at radius 3 is 2.23 bits per heavy atom. The number of benzene rings is 2. The predicted molar refractivity (Wildman–Crippen MR) is 91.6 cm³/mol. The van der Waals surface area contributed by atoms with Crippen molar-refractivity contribution >= 4 is 11.8 Å². The molecule has 0 bridgehead atoms. The van der Waals surface area contributed by atoms with E-state index in [4.69, 9.17) is 0 Å². The molecule has 0 N–H and O–H groups in total. The van der Waals surface area contributed by atoms with Crippen molar-refractivity contribution in [1.82, 2.24) is 14.8 Å².